The lowest BCUT2D eigenvalue weighted by Gasteiger charge is -2.22. The van der Waals surface area contributed by atoms with Gasteiger partial charge in [-0.3, -0.25) is 0 Å². The summed E-state index contributed by atoms with van der Waals surface area (Å²) >= 11 is 0. The maximum atomic E-state index is 8.00. The van der Waals surface area contributed by atoms with Gasteiger partial charge >= 0.3 is 0 Å². The summed E-state index contributed by atoms with van der Waals surface area (Å²) in [6.45, 7) is 3.62. The Hall–Kier alpha value is -0.820. The van der Waals surface area contributed by atoms with Crippen molar-refractivity contribution >= 4 is 0 Å². The molecule has 0 bridgehead atoms. The summed E-state index contributed by atoms with van der Waals surface area (Å²) in [5, 5.41) is 3.24. The first-order valence-corrected chi connectivity index (χ1v) is 5.27. The van der Waals surface area contributed by atoms with E-state index in [1.807, 2.05) is 0 Å². The van der Waals surface area contributed by atoms with E-state index in [-0.39, 0.29) is 18.7 Å². The van der Waals surface area contributed by atoms with E-state index in [1.54, 1.807) is 0 Å². The Morgan fingerprint density at radius 1 is 1.43 bits per heavy atom. The zero-order valence-corrected chi connectivity index (χ0v) is 8.66. The summed E-state index contributed by atoms with van der Waals surface area (Å²) in [4.78, 5) is 0. The molecule has 1 aromatic rings. The minimum Gasteiger partial charge on any atom is -0.316 e. The summed E-state index contributed by atoms with van der Waals surface area (Å²) in [6, 6.07) is 8.50. The average molecular weight is 191 g/mol. The van der Waals surface area contributed by atoms with Crippen LogP contribution >= 0.6 is 0 Å². The Labute approximate surface area is 89.3 Å². The first kappa shape index (κ1) is 7.47. The summed E-state index contributed by atoms with van der Waals surface area (Å²) in [5.74, 6) is 0.277. The molecule has 3 atom stereocenters. The Kier molecular flexibility index (Phi) is 2.46. The van der Waals surface area contributed by atoms with Crippen LogP contribution in [0.15, 0.2) is 24.3 Å². The van der Waals surface area contributed by atoms with Gasteiger partial charge in [0.05, 0.1) is 0 Å². The highest BCUT2D eigenvalue weighted by Crippen LogP contribution is 2.16. The normalized spacial score (nSPS) is 34.8. The molecule has 1 nitrogen and oxygen atoms in total. The largest absolute Gasteiger partial charge is 0.316 e. The van der Waals surface area contributed by atoms with Crippen LogP contribution < -0.4 is 5.32 Å². The number of piperidine rings is 1. The lowest BCUT2D eigenvalue weighted by atomic mass is 9.92. The van der Waals surface area contributed by atoms with E-state index in [4.69, 9.17) is 2.74 Å². The zero-order valence-electron chi connectivity index (χ0n) is 10.7. The highest BCUT2D eigenvalue weighted by Gasteiger charge is 2.12. The summed E-state index contributed by atoms with van der Waals surface area (Å²) in [7, 11) is 0. The summed E-state index contributed by atoms with van der Waals surface area (Å²) < 4.78 is 15.8. The lowest BCUT2D eigenvalue weighted by molar-refractivity contribution is 0.376. The topological polar surface area (TPSA) is 12.0 Å². The standard InChI is InChI=1S/C13H19N/c1-11-4-6-12(7-5-11)9-13-3-2-8-14-10-13/h4-7,13-14H,2-3,8-10H2,1H3/t13-/m0/s1/i2D,3D/t2-,3+,13+/m1. The molecular weight excluding hydrogens is 170 g/mol. The van der Waals surface area contributed by atoms with Crippen molar-refractivity contribution in [1.82, 2.24) is 5.32 Å². The van der Waals surface area contributed by atoms with Gasteiger partial charge in [-0.05, 0) is 50.7 Å². The average Bonchev–Trinajstić information content (AvgIpc) is 2.28. The Bertz CT molecular complexity index is 336. The number of hydrogen-bond acceptors (Lipinski definition) is 1. The van der Waals surface area contributed by atoms with E-state index >= 15 is 0 Å². The van der Waals surface area contributed by atoms with Crippen molar-refractivity contribution in [2.24, 2.45) is 5.92 Å². The third kappa shape index (κ3) is 2.58. The van der Waals surface area contributed by atoms with Crippen LogP contribution in [-0.2, 0) is 6.42 Å². The third-order valence-corrected chi connectivity index (χ3v) is 2.70. The molecule has 2 rings (SSSR count). The van der Waals surface area contributed by atoms with Crippen LogP contribution in [0.25, 0.3) is 0 Å². The zero-order chi connectivity index (χ0) is 11.5. The van der Waals surface area contributed by atoms with Crippen LogP contribution in [0.3, 0.4) is 0 Å². The molecule has 0 amide bonds. The van der Waals surface area contributed by atoms with Gasteiger partial charge in [-0.1, -0.05) is 29.8 Å². The molecule has 14 heavy (non-hydrogen) atoms. The molecule has 1 heterocycles. The van der Waals surface area contributed by atoms with E-state index in [2.05, 4.69) is 36.5 Å². The van der Waals surface area contributed by atoms with Gasteiger partial charge in [0, 0.05) is 2.74 Å². The van der Waals surface area contributed by atoms with Gasteiger partial charge in [-0.25, -0.2) is 0 Å². The van der Waals surface area contributed by atoms with Crippen molar-refractivity contribution in [3.63, 3.8) is 0 Å². The number of nitrogens with one attached hydrogen (secondary N) is 1. The van der Waals surface area contributed by atoms with Gasteiger partial charge in [-0.15, -0.1) is 0 Å². The minimum atomic E-state index is -0.274. The number of hydrogen-bond donors (Lipinski definition) is 1. The lowest BCUT2D eigenvalue weighted by Crippen LogP contribution is -2.30. The fourth-order valence-electron chi connectivity index (χ4n) is 1.85. The smallest absolute Gasteiger partial charge is 0.0280 e. The van der Waals surface area contributed by atoms with E-state index in [9.17, 15) is 0 Å². The fourth-order valence-corrected chi connectivity index (χ4v) is 1.85. The van der Waals surface area contributed by atoms with Crippen molar-refractivity contribution in [3.05, 3.63) is 35.4 Å². The molecule has 1 aromatic carbocycles. The molecule has 0 radical (unpaired) electrons. The molecule has 1 aliphatic rings. The molecule has 76 valence electrons. The van der Waals surface area contributed by atoms with Crippen molar-refractivity contribution in [2.75, 3.05) is 13.1 Å². The van der Waals surface area contributed by atoms with Crippen molar-refractivity contribution in [2.45, 2.75) is 26.1 Å². The molecule has 0 aromatic heterocycles. The number of benzene rings is 1. The minimum absolute atomic E-state index is 0.248. The van der Waals surface area contributed by atoms with Crippen molar-refractivity contribution in [3.8, 4) is 0 Å². The van der Waals surface area contributed by atoms with E-state index < -0.39 is 0 Å². The first-order valence-electron chi connectivity index (χ1n) is 6.43. The summed E-state index contributed by atoms with van der Waals surface area (Å²) in [5.41, 5.74) is 2.55. The molecule has 1 N–H and O–H groups in total. The van der Waals surface area contributed by atoms with Gasteiger partial charge in [0.25, 0.3) is 0 Å². The second kappa shape index (κ2) is 4.61. The molecule has 1 aliphatic heterocycles. The predicted octanol–water partition coefficient (Wildman–Crippen LogP) is 2.54. The van der Waals surface area contributed by atoms with Crippen molar-refractivity contribution < 1.29 is 2.74 Å². The molecule has 0 unspecified atom stereocenters. The Morgan fingerprint density at radius 3 is 3.00 bits per heavy atom. The maximum absolute atomic E-state index is 8.00. The van der Waals surface area contributed by atoms with E-state index in [0.717, 1.165) is 13.0 Å². The van der Waals surface area contributed by atoms with E-state index in [0.29, 0.717) is 6.54 Å². The second-order valence-corrected chi connectivity index (χ2v) is 4.04. The van der Waals surface area contributed by atoms with E-state index in [1.165, 1.54) is 11.1 Å². The molecule has 0 aliphatic carbocycles. The summed E-state index contributed by atoms with van der Waals surface area (Å²) in [6.07, 6.45) is 0.392. The molecule has 0 saturated carbocycles. The quantitative estimate of drug-likeness (QED) is 0.757. The van der Waals surface area contributed by atoms with Gasteiger partial charge in [0.15, 0.2) is 0 Å². The van der Waals surface area contributed by atoms with Crippen molar-refractivity contribution in [1.29, 1.82) is 0 Å². The maximum Gasteiger partial charge on any atom is 0.0280 e. The van der Waals surface area contributed by atoms with Crippen LogP contribution in [0.1, 0.15) is 26.7 Å². The van der Waals surface area contributed by atoms with Gasteiger partial charge in [0.1, 0.15) is 0 Å². The van der Waals surface area contributed by atoms with Crippen LogP contribution in [-0.4, -0.2) is 13.1 Å². The Balaban J connectivity index is 2.00. The second-order valence-electron chi connectivity index (χ2n) is 4.04. The highest BCUT2D eigenvalue weighted by molar-refractivity contribution is 5.21. The first-order chi connectivity index (χ1) is 7.66. The monoisotopic (exact) mass is 191 g/mol. The number of rotatable bonds is 2. The molecular formula is C13H19N. The Morgan fingerprint density at radius 2 is 2.21 bits per heavy atom. The predicted molar refractivity (Wildman–Crippen MR) is 60.5 cm³/mol. The highest BCUT2D eigenvalue weighted by atomic mass is 14.9. The van der Waals surface area contributed by atoms with Gasteiger partial charge in [0.2, 0.25) is 0 Å². The molecule has 1 saturated heterocycles. The molecule has 1 fully saturated rings. The van der Waals surface area contributed by atoms with Gasteiger partial charge < -0.3 is 5.32 Å². The third-order valence-electron chi connectivity index (χ3n) is 2.70. The van der Waals surface area contributed by atoms with Crippen LogP contribution in [0.5, 0.6) is 0 Å². The molecule has 0 spiro atoms. The van der Waals surface area contributed by atoms with Gasteiger partial charge in [-0.2, -0.15) is 0 Å². The SMILES string of the molecule is [2H][C@@H]1[C@@H](Cc2ccc(C)cc2)CNC[C@@H]1[2H]. The van der Waals surface area contributed by atoms with Crippen LogP contribution in [0, 0.1) is 12.8 Å². The fraction of sp³-hybridized carbons (Fsp3) is 0.538. The number of aryl methyl sites for hydroxylation is 1. The van der Waals surface area contributed by atoms with Crippen LogP contribution in [0.2, 0.25) is 0 Å². The van der Waals surface area contributed by atoms with Crippen LogP contribution in [0.4, 0.5) is 0 Å². The molecule has 1 heteroatoms.